The van der Waals surface area contributed by atoms with Crippen LogP contribution < -0.4 is 10.6 Å². The molecule has 2 N–H and O–H groups in total. The van der Waals surface area contributed by atoms with Crippen LogP contribution >= 0.6 is 0 Å². The molecule has 2 aliphatic rings. The van der Waals surface area contributed by atoms with Gasteiger partial charge in [-0.25, -0.2) is 14.4 Å². The molecule has 1 aliphatic carbocycles. The molecule has 12 heteroatoms. The van der Waals surface area contributed by atoms with Crippen LogP contribution in [0.5, 0.6) is 0 Å². The summed E-state index contributed by atoms with van der Waals surface area (Å²) in [6, 6.07) is 3.89. The van der Waals surface area contributed by atoms with Crippen molar-refractivity contribution < 1.29 is 27.2 Å². The topological polar surface area (TPSA) is 90.5 Å². The quantitative estimate of drug-likeness (QED) is 0.428. The number of carbonyl (C=O) groups excluding carboxylic acids is 2. The van der Waals surface area contributed by atoms with Crippen LogP contribution in [0.4, 0.5) is 29.2 Å². The smallest absolute Gasteiger partial charge is 0.354 e. The molecule has 2 aromatic rings. The van der Waals surface area contributed by atoms with Gasteiger partial charge < -0.3 is 20.4 Å². The molecule has 2 atom stereocenters. The van der Waals surface area contributed by atoms with Gasteiger partial charge >= 0.3 is 6.18 Å². The lowest BCUT2D eigenvalue weighted by molar-refractivity contribution is -0.138. The van der Waals surface area contributed by atoms with Gasteiger partial charge in [-0.2, -0.15) is 13.2 Å². The van der Waals surface area contributed by atoms with Crippen molar-refractivity contribution in [1.29, 1.82) is 0 Å². The fraction of sp³-hybridized carbons (Fsp3) is 0.586. The van der Waals surface area contributed by atoms with Crippen LogP contribution in [0.3, 0.4) is 0 Å². The maximum Gasteiger partial charge on any atom is 0.419 e. The lowest BCUT2D eigenvalue weighted by Gasteiger charge is -2.35. The standard InChI is InChI=1S/C29H38F4N6O2/c1-17(2)35-26(40)21-7-5-6-18(21)14-25-23(29(31,32)33)16-34-28(37-25)36-19-8-9-22(24(30)15-19)27(41)39(4)20-10-12-38(3)13-11-20/h8-9,15-18,20-21H,5-7,10-14H2,1-4H3,(H,35,40)(H,34,36,37)/t18-,21-/m0/s1. The number of anilines is 2. The maximum absolute atomic E-state index is 15.0. The van der Waals surface area contributed by atoms with Crippen molar-refractivity contribution in [3.8, 4) is 0 Å². The first kappa shape index (κ1) is 30.7. The number of amides is 2. The largest absolute Gasteiger partial charge is 0.419 e. The lowest BCUT2D eigenvalue weighted by atomic mass is 9.89. The fourth-order valence-electron chi connectivity index (χ4n) is 5.77. The Balaban J connectivity index is 1.51. The van der Waals surface area contributed by atoms with E-state index in [4.69, 9.17) is 0 Å². The summed E-state index contributed by atoms with van der Waals surface area (Å²) in [5, 5.41) is 5.64. The number of hydrogen-bond acceptors (Lipinski definition) is 6. The van der Waals surface area contributed by atoms with Gasteiger partial charge in [0.1, 0.15) is 5.82 Å². The number of benzene rings is 1. The van der Waals surface area contributed by atoms with E-state index in [9.17, 15) is 22.8 Å². The van der Waals surface area contributed by atoms with Crippen molar-refractivity contribution in [3.05, 3.63) is 47.0 Å². The van der Waals surface area contributed by atoms with E-state index in [-0.39, 0.29) is 53.2 Å². The Morgan fingerprint density at radius 3 is 2.49 bits per heavy atom. The average Bonchev–Trinajstić information content (AvgIpc) is 3.36. The van der Waals surface area contributed by atoms with Crippen molar-refractivity contribution >= 4 is 23.5 Å². The highest BCUT2D eigenvalue weighted by Crippen LogP contribution is 2.38. The number of aromatic nitrogens is 2. The number of likely N-dealkylation sites (tertiary alicyclic amines) is 1. The Labute approximate surface area is 237 Å². The van der Waals surface area contributed by atoms with Gasteiger partial charge in [0.15, 0.2) is 0 Å². The zero-order chi connectivity index (χ0) is 29.9. The van der Waals surface area contributed by atoms with Gasteiger partial charge in [-0.3, -0.25) is 9.59 Å². The normalized spacial score (nSPS) is 20.3. The van der Waals surface area contributed by atoms with E-state index in [0.29, 0.717) is 19.0 Å². The van der Waals surface area contributed by atoms with Crippen molar-refractivity contribution in [1.82, 2.24) is 25.1 Å². The van der Waals surface area contributed by atoms with E-state index in [1.165, 1.54) is 12.1 Å². The minimum Gasteiger partial charge on any atom is -0.354 e. The molecule has 1 saturated carbocycles. The summed E-state index contributed by atoms with van der Waals surface area (Å²) in [4.78, 5) is 37.4. The molecule has 2 fully saturated rings. The van der Waals surface area contributed by atoms with Gasteiger partial charge in [-0.15, -0.1) is 0 Å². The number of halogens is 4. The van der Waals surface area contributed by atoms with Gasteiger partial charge in [0.25, 0.3) is 5.91 Å². The molecule has 0 radical (unpaired) electrons. The Bertz CT molecular complexity index is 1250. The molecule has 8 nitrogen and oxygen atoms in total. The minimum absolute atomic E-state index is 0.0192. The first-order chi connectivity index (χ1) is 19.3. The van der Waals surface area contributed by atoms with Crippen LogP contribution in [0.25, 0.3) is 0 Å². The van der Waals surface area contributed by atoms with Crippen molar-refractivity contribution in [2.45, 2.75) is 70.6 Å². The summed E-state index contributed by atoms with van der Waals surface area (Å²) < 4.78 is 56.5. The minimum atomic E-state index is -4.67. The molecule has 1 saturated heterocycles. The summed E-state index contributed by atoms with van der Waals surface area (Å²) >= 11 is 0. The molecule has 4 rings (SSSR count). The predicted octanol–water partition coefficient (Wildman–Crippen LogP) is 5.03. The van der Waals surface area contributed by atoms with Crippen molar-refractivity contribution in [3.63, 3.8) is 0 Å². The Morgan fingerprint density at radius 2 is 1.85 bits per heavy atom. The molecule has 1 aromatic carbocycles. The molecule has 1 aliphatic heterocycles. The molecule has 2 heterocycles. The second kappa shape index (κ2) is 12.7. The van der Waals surface area contributed by atoms with Crippen molar-refractivity contribution in [2.75, 3.05) is 32.5 Å². The third kappa shape index (κ3) is 7.52. The van der Waals surface area contributed by atoms with E-state index in [1.807, 2.05) is 20.9 Å². The number of nitrogens with one attached hydrogen (secondary N) is 2. The van der Waals surface area contributed by atoms with Gasteiger partial charge in [-0.05, 0) is 90.2 Å². The molecule has 1 aromatic heterocycles. The third-order valence-electron chi connectivity index (χ3n) is 8.07. The predicted molar refractivity (Wildman–Crippen MR) is 147 cm³/mol. The summed E-state index contributed by atoms with van der Waals surface area (Å²) in [6.07, 6.45) is -0.410. The zero-order valence-electron chi connectivity index (χ0n) is 23.9. The summed E-state index contributed by atoms with van der Waals surface area (Å²) in [5.74, 6) is -2.15. The Kier molecular flexibility index (Phi) is 9.51. The third-order valence-corrected chi connectivity index (χ3v) is 8.07. The van der Waals surface area contributed by atoms with Crippen LogP contribution in [0.2, 0.25) is 0 Å². The molecule has 0 spiro atoms. The first-order valence-electron chi connectivity index (χ1n) is 14.1. The van der Waals surface area contributed by atoms with Crippen LogP contribution in [0.1, 0.15) is 67.6 Å². The molecular formula is C29H38F4N6O2. The first-order valence-corrected chi connectivity index (χ1v) is 14.1. The molecular weight excluding hydrogens is 540 g/mol. The Hall–Kier alpha value is -3.28. The van der Waals surface area contributed by atoms with Gasteiger partial charge in [0.05, 0.1) is 16.8 Å². The highest BCUT2D eigenvalue weighted by molar-refractivity contribution is 5.95. The van der Waals surface area contributed by atoms with Gasteiger partial charge in [0.2, 0.25) is 11.9 Å². The highest BCUT2D eigenvalue weighted by atomic mass is 19.4. The second-order valence-electron chi connectivity index (χ2n) is 11.5. The average molecular weight is 579 g/mol. The summed E-state index contributed by atoms with van der Waals surface area (Å²) in [7, 11) is 3.69. The highest BCUT2D eigenvalue weighted by Gasteiger charge is 2.39. The van der Waals surface area contributed by atoms with E-state index in [2.05, 4.69) is 25.5 Å². The van der Waals surface area contributed by atoms with Crippen molar-refractivity contribution in [2.24, 2.45) is 11.8 Å². The van der Waals surface area contributed by atoms with E-state index < -0.39 is 29.4 Å². The summed E-state index contributed by atoms with van der Waals surface area (Å²) in [5.41, 5.74) is -1.06. The number of nitrogens with zero attached hydrogens (tertiary/aromatic N) is 4. The SMILES string of the molecule is CC(C)NC(=O)[C@H]1CCC[C@H]1Cc1nc(Nc2ccc(C(=O)N(C)C3CCN(C)CC3)c(F)c2)ncc1C(F)(F)F. The van der Waals surface area contributed by atoms with E-state index in [0.717, 1.165) is 38.4 Å². The monoisotopic (exact) mass is 578 g/mol. The lowest BCUT2D eigenvalue weighted by Crippen LogP contribution is -2.44. The van der Waals surface area contributed by atoms with E-state index >= 15 is 4.39 Å². The molecule has 0 unspecified atom stereocenters. The molecule has 2 amide bonds. The zero-order valence-corrected chi connectivity index (χ0v) is 23.9. The number of alkyl halides is 3. The molecule has 224 valence electrons. The number of rotatable bonds is 8. The number of piperidine rings is 1. The van der Waals surface area contributed by atoms with Crippen LogP contribution in [-0.4, -0.2) is 70.9 Å². The van der Waals surface area contributed by atoms with Crippen LogP contribution in [-0.2, 0) is 17.4 Å². The molecule has 0 bridgehead atoms. The van der Waals surface area contributed by atoms with Crippen LogP contribution in [0, 0.1) is 17.7 Å². The number of hydrogen-bond donors (Lipinski definition) is 2. The van der Waals surface area contributed by atoms with Crippen LogP contribution in [0.15, 0.2) is 24.4 Å². The number of carbonyl (C=O) groups is 2. The van der Waals surface area contributed by atoms with Gasteiger partial charge in [0, 0.05) is 36.9 Å². The molecule has 41 heavy (non-hydrogen) atoms. The van der Waals surface area contributed by atoms with E-state index in [1.54, 1.807) is 11.9 Å². The second-order valence-corrected chi connectivity index (χ2v) is 11.5. The maximum atomic E-state index is 15.0. The fourth-order valence-corrected chi connectivity index (χ4v) is 5.77. The summed E-state index contributed by atoms with van der Waals surface area (Å²) in [6.45, 7) is 5.39. The Morgan fingerprint density at radius 1 is 1.15 bits per heavy atom. The van der Waals surface area contributed by atoms with Gasteiger partial charge in [-0.1, -0.05) is 6.42 Å².